The Balaban J connectivity index is 2.86. The van der Waals surface area contributed by atoms with Crippen molar-refractivity contribution in [2.24, 2.45) is 0 Å². The molecule has 0 aromatic heterocycles. The minimum absolute atomic E-state index is 0.0149. The van der Waals surface area contributed by atoms with Crippen LogP contribution in [-0.2, 0) is 6.54 Å². The van der Waals surface area contributed by atoms with Gasteiger partial charge in [0.25, 0.3) is 5.69 Å². The first-order valence-corrected chi connectivity index (χ1v) is 5.46. The van der Waals surface area contributed by atoms with Gasteiger partial charge in [0.2, 0.25) is 0 Å². The van der Waals surface area contributed by atoms with Gasteiger partial charge in [-0.2, -0.15) is 0 Å². The third-order valence-corrected chi connectivity index (χ3v) is 2.77. The number of hydrogen-bond acceptors (Lipinski definition) is 4. The monoisotopic (exact) mass is 238 g/mol. The van der Waals surface area contributed by atoms with Crippen LogP contribution in [0, 0.1) is 17.0 Å². The minimum atomic E-state index is -0.392. The van der Waals surface area contributed by atoms with Gasteiger partial charge in [-0.1, -0.05) is 12.1 Å². The Morgan fingerprint density at radius 3 is 2.65 bits per heavy atom. The summed E-state index contributed by atoms with van der Waals surface area (Å²) in [7, 11) is 0. The van der Waals surface area contributed by atoms with E-state index in [2.05, 4.69) is 5.32 Å². The number of nitrogens with one attached hydrogen (secondary N) is 1. The second-order valence-electron chi connectivity index (χ2n) is 4.71. The van der Waals surface area contributed by atoms with Gasteiger partial charge in [-0.05, 0) is 26.3 Å². The predicted molar refractivity (Wildman–Crippen MR) is 65.8 cm³/mol. The molecule has 0 atom stereocenters. The van der Waals surface area contributed by atoms with Crippen LogP contribution in [0.2, 0.25) is 0 Å². The van der Waals surface area contributed by atoms with Crippen molar-refractivity contribution in [3.8, 4) is 0 Å². The molecular weight excluding hydrogens is 220 g/mol. The molecule has 1 aromatic rings. The lowest BCUT2D eigenvalue weighted by Crippen LogP contribution is -2.42. The quantitative estimate of drug-likeness (QED) is 0.605. The van der Waals surface area contributed by atoms with Crippen LogP contribution in [-0.4, -0.2) is 22.2 Å². The maximum atomic E-state index is 10.8. The Kier molecular flexibility index (Phi) is 4.20. The van der Waals surface area contributed by atoms with Gasteiger partial charge >= 0.3 is 0 Å². The Labute approximate surface area is 101 Å². The highest BCUT2D eigenvalue weighted by molar-refractivity contribution is 5.44. The standard InChI is InChI=1S/C12H18N2O3/c1-9-10(7-13-12(2,3)8-15)5-4-6-11(9)14(16)17/h4-6,13,15H,7-8H2,1-3H3. The fourth-order valence-corrected chi connectivity index (χ4v) is 1.45. The molecule has 2 N–H and O–H groups in total. The molecule has 5 heteroatoms. The van der Waals surface area contributed by atoms with Crippen LogP contribution in [0.5, 0.6) is 0 Å². The molecule has 94 valence electrons. The first-order chi connectivity index (χ1) is 7.87. The molecule has 0 aliphatic rings. The van der Waals surface area contributed by atoms with Gasteiger partial charge in [0.1, 0.15) is 0 Å². The summed E-state index contributed by atoms with van der Waals surface area (Å²) in [5.74, 6) is 0. The first kappa shape index (κ1) is 13.6. The summed E-state index contributed by atoms with van der Waals surface area (Å²) in [5.41, 5.74) is 1.28. The van der Waals surface area contributed by atoms with Crippen molar-refractivity contribution in [2.45, 2.75) is 32.9 Å². The van der Waals surface area contributed by atoms with Crippen molar-refractivity contribution in [2.75, 3.05) is 6.61 Å². The van der Waals surface area contributed by atoms with Crippen LogP contribution < -0.4 is 5.32 Å². The number of nitrogens with zero attached hydrogens (tertiary/aromatic N) is 1. The SMILES string of the molecule is Cc1c(CNC(C)(C)CO)cccc1[N+](=O)[O-]. The highest BCUT2D eigenvalue weighted by Gasteiger charge is 2.17. The molecule has 17 heavy (non-hydrogen) atoms. The highest BCUT2D eigenvalue weighted by Crippen LogP contribution is 2.21. The fourth-order valence-electron chi connectivity index (χ4n) is 1.45. The van der Waals surface area contributed by atoms with Gasteiger partial charge in [0.05, 0.1) is 11.5 Å². The number of nitro benzene ring substituents is 1. The minimum Gasteiger partial charge on any atom is -0.394 e. The molecule has 0 saturated heterocycles. The third kappa shape index (κ3) is 3.51. The largest absolute Gasteiger partial charge is 0.394 e. The van der Waals surface area contributed by atoms with Crippen molar-refractivity contribution in [1.82, 2.24) is 5.32 Å². The molecule has 0 radical (unpaired) electrons. The van der Waals surface area contributed by atoms with Gasteiger partial charge in [-0.15, -0.1) is 0 Å². The highest BCUT2D eigenvalue weighted by atomic mass is 16.6. The van der Waals surface area contributed by atoms with Gasteiger partial charge in [-0.25, -0.2) is 0 Å². The van der Waals surface area contributed by atoms with E-state index in [0.29, 0.717) is 12.1 Å². The summed E-state index contributed by atoms with van der Waals surface area (Å²) in [6.07, 6.45) is 0. The smallest absolute Gasteiger partial charge is 0.272 e. The first-order valence-electron chi connectivity index (χ1n) is 5.46. The van der Waals surface area contributed by atoms with Gasteiger partial charge in [-0.3, -0.25) is 10.1 Å². The van der Waals surface area contributed by atoms with E-state index in [-0.39, 0.29) is 17.2 Å². The zero-order valence-corrected chi connectivity index (χ0v) is 10.4. The summed E-state index contributed by atoms with van der Waals surface area (Å²) in [6, 6.07) is 5.02. The van der Waals surface area contributed by atoms with Crippen LogP contribution in [0.3, 0.4) is 0 Å². The average Bonchev–Trinajstić information content (AvgIpc) is 2.27. The molecule has 1 rings (SSSR count). The topological polar surface area (TPSA) is 75.4 Å². The van der Waals surface area contributed by atoms with E-state index in [1.807, 2.05) is 19.9 Å². The van der Waals surface area contributed by atoms with Gasteiger partial charge < -0.3 is 10.4 Å². The van der Waals surface area contributed by atoms with E-state index >= 15 is 0 Å². The molecule has 1 aromatic carbocycles. The number of benzene rings is 1. The lowest BCUT2D eigenvalue weighted by atomic mass is 10.0. The zero-order chi connectivity index (χ0) is 13.1. The van der Waals surface area contributed by atoms with E-state index in [9.17, 15) is 10.1 Å². The average molecular weight is 238 g/mol. The Hall–Kier alpha value is -1.46. The Morgan fingerprint density at radius 2 is 2.12 bits per heavy atom. The van der Waals surface area contributed by atoms with E-state index in [1.165, 1.54) is 6.07 Å². The van der Waals surface area contributed by atoms with Crippen molar-refractivity contribution in [3.63, 3.8) is 0 Å². The summed E-state index contributed by atoms with van der Waals surface area (Å²) in [6.45, 7) is 6.00. The zero-order valence-electron chi connectivity index (χ0n) is 10.4. The van der Waals surface area contributed by atoms with Crippen molar-refractivity contribution < 1.29 is 10.0 Å². The summed E-state index contributed by atoms with van der Waals surface area (Å²) < 4.78 is 0. The number of aliphatic hydroxyl groups is 1. The second-order valence-corrected chi connectivity index (χ2v) is 4.71. The fraction of sp³-hybridized carbons (Fsp3) is 0.500. The summed E-state index contributed by atoms with van der Waals surface area (Å²) >= 11 is 0. The molecule has 5 nitrogen and oxygen atoms in total. The van der Waals surface area contributed by atoms with Crippen molar-refractivity contribution in [1.29, 1.82) is 0 Å². The number of aliphatic hydroxyl groups excluding tert-OH is 1. The molecule has 0 unspecified atom stereocenters. The maximum absolute atomic E-state index is 10.8. The van der Waals surface area contributed by atoms with E-state index in [4.69, 9.17) is 5.11 Å². The van der Waals surface area contributed by atoms with Crippen molar-refractivity contribution >= 4 is 5.69 Å². The lowest BCUT2D eigenvalue weighted by molar-refractivity contribution is -0.385. The van der Waals surface area contributed by atoms with Gasteiger partial charge in [0, 0.05) is 23.7 Å². The van der Waals surface area contributed by atoms with Crippen LogP contribution >= 0.6 is 0 Å². The Bertz CT molecular complexity index is 416. The summed E-state index contributed by atoms with van der Waals surface area (Å²) in [5, 5.41) is 23.0. The molecule has 0 aliphatic carbocycles. The second kappa shape index (κ2) is 5.25. The molecule has 0 bridgehead atoms. The third-order valence-electron chi connectivity index (χ3n) is 2.77. The van der Waals surface area contributed by atoms with Gasteiger partial charge in [0.15, 0.2) is 0 Å². The molecule has 0 spiro atoms. The normalized spacial score (nSPS) is 11.5. The molecule has 0 fully saturated rings. The molecular formula is C12H18N2O3. The summed E-state index contributed by atoms with van der Waals surface area (Å²) in [4.78, 5) is 10.4. The van der Waals surface area contributed by atoms with Crippen molar-refractivity contribution in [3.05, 3.63) is 39.4 Å². The van der Waals surface area contributed by atoms with Crippen LogP contribution in [0.1, 0.15) is 25.0 Å². The molecule has 0 aliphatic heterocycles. The maximum Gasteiger partial charge on any atom is 0.272 e. The van der Waals surface area contributed by atoms with E-state index in [0.717, 1.165) is 5.56 Å². The molecule has 0 heterocycles. The number of rotatable bonds is 5. The number of nitro groups is 1. The van der Waals surface area contributed by atoms with Crippen LogP contribution in [0.15, 0.2) is 18.2 Å². The number of hydrogen-bond donors (Lipinski definition) is 2. The lowest BCUT2D eigenvalue weighted by Gasteiger charge is -2.24. The van der Waals surface area contributed by atoms with Crippen LogP contribution in [0.25, 0.3) is 0 Å². The Morgan fingerprint density at radius 1 is 1.47 bits per heavy atom. The van der Waals surface area contributed by atoms with E-state index in [1.54, 1.807) is 13.0 Å². The van der Waals surface area contributed by atoms with E-state index < -0.39 is 5.54 Å². The molecule has 0 amide bonds. The van der Waals surface area contributed by atoms with Crippen LogP contribution in [0.4, 0.5) is 5.69 Å². The predicted octanol–water partition coefficient (Wildman–Crippen LogP) is 1.76. The molecule has 0 saturated carbocycles.